The van der Waals surface area contributed by atoms with Crippen LogP contribution < -0.4 is 0 Å². The summed E-state index contributed by atoms with van der Waals surface area (Å²) >= 11 is 1.34. The predicted molar refractivity (Wildman–Crippen MR) is 101 cm³/mol. The van der Waals surface area contributed by atoms with Crippen LogP contribution >= 0.6 is 11.8 Å². The van der Waals surface area contributed by atoms with Crippen molar-refractivity contribution in [1.29, 1.82) is 0 Å². The van der Waals surface area contributed by atoms with Crippen molar-refractivity contribution in [2.75, 3.05) is 12.8 Å². The van der Waals surface area contributed by atoms with Crippen LogP contribution in [0.4, 0.5) is 0 Å². The quantitative estimate of drug-likeness (QED) is 0.699. The van der Waals surface area contributed by atoms with E-state index in [1.54, 1.807) is 19.2 Å². The molecule has 0 unspecified atom stereocenters. The van der Waals surface area contributed by atoms with Crippen molar-refractivity contribution in [2.24, 2.45) is 5.41 Å². The van der Waals surface area contributed by atoms with Gasteiger partial charge < -0.3 is 0 Å². The third kappa shape index (κ3) is 5.28. The van der Waals surface area contributed by atoms with E-state index in [0.29, 0.717) is 10.8 Å². The Bertz CT molecular complexity index is 688. The Labute approximate surface area is 155 Å². The van der Waals surface area contributed by atoms with E-state index in [2.05, 4.69) is 4.98 Å². The van der Waals surface area contributed by atoms with Gasteiger partial charge in [0.1, 0.15) is 10.7 Å². The van der Waals surface area contributed by atoms with E-state index in [1.165, 1.54) is 28.7 Å². The van der Waals surface area contributed by atoms with Gasteiger partial charge in [-0.05, 0) is 25.0 Å². The second-order valence-electron chi connectivity index (χ2n) is 7.61. The fourth-order valence-electron chi connectivity index (χ4n) is 2.77. The Balaban J connectivity index is 2.04. The number of nitrogens with zero attached hydrogens (tertiary/aromatic N) is 2. The van der Waals surface area contributed by atoms with Gasteiger partial charge in [-0.2, -0.15) is 4.31 Å². The van der Waals surface area contributed by atoms with Gasteiger partial charge in [-0.15, -0.1) is 0 Å². The number of thioether (sulfide) groups is 1. The Hall–Kier alpha value is -0.920. The van der Waals surface area contributed by atoms with E-state index in [0.717, 1.165) is 25.7 Å². The van der Waals surface area contributed by atoms with Crippen molar-refractivity contribution >= 4 is 27.6 Å². The lowest BCUT2D eigenvalue weighted by molar-refractivity contribution is -0.123. The number of aromatic nitrogens is 1. The molecule has 1 aromatic heterocycles. The van der Waals surface area contributed by atoms with Crippen LogP contribution in [-0.4, -0.2) is 42.3 Å². The largest absolute Gasteiger partial charge is 0.298 e. The van der Waals surface area contributed by atoms with Crippen molar-refractivity contribution in [1.82, 2.24) is 9.29 Å². The van der Waals surface area contributed by atoms with E-state index in [1.807, 2.05) is 20.8 Å². The van der Waals surface area contributed by atoms with Crippen LogP contribution in [0.25, 0.3) is 0 Å². The Morgan fingerprint density at radius 1 is 1.24 bits per heavy atom. The molecule has 0 bridgehead atoms. The number of carbonyl (C=O) groups excluding carboxylic acids is 1. The highest BCUT2D eigenvalue weighted by molar-refractivity contribution is 7.99. The average Bonchev–Trinajstić information content (AvgIpc) is 2.59. The van der Waals surface area contributed by atoms with Gasteiger partial charge in [0.05, 0.1) is 10.8 Å². The molecule has 0 aliphatic heterocycles. The lowest BCUT2D eigenvalue weighted by Gasteiger charge is -2.30. The van der Waals surface area contributed by atoms with Crippen molar-refractivity contribution in [3.8, 4) is 0 Å². The first-order chi connectivity index (χ1) is 11.6. The van der Waals surface area contributed by atoms with E-state index < -0.39 is 10.0 Å². The summed E-state index contributed by atoms with van der Waals surface area (Å²) in [6, 6.07) is 3.35. The molecule has 1 fully saturated rings. The molecule has 140 valence electrons. The molecule has 1 heterocycles. The number of Topliss-reactive ketones (excluding diaryl/α,β-unsaturated/α-hetero) is 1. The van der Waals surface area contributed by atoms with Crippen molar-refractivity contribution in [3.63, 3.8) is 0 Å². The summed E-state index contributed by atoms with van der Waals surface area (Å²) in [5, 5.41) is 0.664. The number of ketones is 1. The molecule has 0 aromatic carbocycles. The summed E-state index contributed by atoms with van der Waals surface area (Å²) in [4.78, 5) is 16.4. The monoisotopic (exact) mass is 384 g/mol. The smallest absolute Gasteiger partial charge is 0.244 e. The second kappa shape index (κ2) is 8.18. The third-order valence-electron chi connectivity index (χ3n) is 4.66. The summed E-state index contributed by atoms with van der Waals surface area (Å²) in [5.41, 5.74) is -0.376. The lowest BCUT2D eigenvalue weighted by Crippen LogP contribution is -2.38. The summed E-state index contributed by atoms with van der Waals surface area (Å²) in [7, 11) is -1.85. The summed E-state index contributed by atoms with van der Waals surface area (Å²) in [5.74, 6) is 0.484. The highest BCUT2D eigenvalue weighted by atomic mass is 32.2. The van der Waals surface area contributed by atoms with Gasteiger partial charge >= 0.3 is 0 Å². The molecule has 1 aliphatic carbocycles. The van der Waals surface area contributed by atoms with Crippen molar-refractivity contribution in [2.45, 2.75) is 68.8 Å². The normalized spacial score (nSPS) is 17.0. The maximum atomic E-state index is 12.8. The molecule has 1 aromatic rings. The number of sulfonamides is 1. The minimum absolute atomic E-state index is 0.0807. The van der Waals surface area contributed by atoms with Crippen LogP contribution in [0.3, 0.4) is 0 Å². The van der Waals surface area contributed by atoms with Gasteiger partial charge in [0, 0.05) is 24.7 Å². The van der Waals surface area contributed by atoms with E-state index in [9.17, 15) is 13.2 Å². The minimum atomic E-state index is -3.52. The van der Waals surface area contributed by atoms with Crippen LogP contribution in [0.1, 0.15) is 52.9 Å². The maximum absolute atomic E-state index is 12.8. The van der Waals surface area contributed by atoms with Crippen molar-refractivity contribution < 1.29 is 13.2 Å². The second-order valence-corrected chi connectivity index (χ2v) is 10.6. The van der Waals surface area contributed by atoms with Crippen molar-refractivity contribution in [3.05, 3.63) is 18.3 Å². The van der Waals surface area contributed by atoms with Gasteiger partial charge in [-0.3, -0.25) is 4.79 Å². The first kappa shape index (κ1) is 20.4. The van der Waals surface area contributed by atoms with Gasteiger partial charge in [0.15, 0.2) is 0 Å². The predicted octanol–water partition coefficient (Wildman–Crippen LogP) is 3.74. The molecule has 0 amide bonds. The molecular formula is C18H28N2O3S2. The molecular weight excluding hydrogens is 356 g/mol. The standard InChI is InChI=1S/C18H28N2O3S2/c1-18(2,3)16(21)13-24-17-11-10-15(12-19-17)25(22,23)20(4)14-8-6-5-7-9-14/h10-12,14H,5-9,13H2,1-4H3. The molecule has 1 saturated carbocycles. The van der Waals surface area contributed by atoms with E-state index >= 15 is 0 Å². The van der Waals surface area contributed by atoms with Gasteiger partial charge in [-0.1, -0.05) is 51.8 Å². The topological polar surface area (TPSA) is 67.3 Å². The first-order valence-electron chi connectivity index (χ1n) is 8.72. The summed E-state index contributed by atoms with van der Waals surface area (Å²) in [6.07, 6.45) is 6.60. The Morgan fingerprint density at radius 2 is 1.88 bits per heavy atom. The molecule has 7 heteroatoms. The van der Waals surface area contributed by atoms with Crippen LogP contribution in [0, 0.1) is 5.41 Å². The number of hydrogen-bond donors (Lipinski definition) is 0. The molecule has 2 rings (SSSR count). The summed E-state index contributed by atoms with van der Waals surface area (Å²) < 4.78 is 27.0. The summed E-state index contributed by atoms with van der Waals surface area (Å²) in [6.45, 7) is 5.67. The SMILES string of the molecule is CN(C1CCCCC1)S(=O)(=O)c1ccc(SCC(=O)C(C)(C)C)nc1. The number of rotatable bonds is 6. The highest BCUT2D eigenvalue weighted by Crippen LogP contribution is 2.27. The number of pyridine rings is 1. The molecule has 0 atom stereocenters. The van der Waals surface area contributed by atoms with Crippen LogP contribution in [-0.2, 0) is 14.8 Å². The number of carbonyl (C=O) groups is 1. The number of hydrogen-bond acceptors (Lipinski definition) is 5. The molecule has 0 radical (unpaired) electrons. The van der Waals surface area contributed by atoms with E-state index in [-0.39, 0.29) is 22.1 Å². The molecule has 1 aliphatic rings. The fourth-order valence-corrected chi connectivity index (χ4v) is 5.13. The molecule has 0 N–H and O–H groups in total. The van der Waals surface area contributed by atoms with E-state index in [4.69, 9.17) is 0 Å². The zero-order valence-electron chi connectivity index (χ0n) is 15.5. The average molecular weight is 385 g/mol. The molecule has 0 saturated heterocycles. The molecule has 0 spiro atoms. The Morgan fingerprint density at radius 3 is 2.40 bits per heavy atom. The first-order valence-corrected chi connectivity index (χ1v) is 11.1. The van der Waals surface area contributed by atoms with Gasteiger partial charge in [-0.25, -0.2) is 13.4 Å². The van der Waals surface area contributed by atoms with Gasteiger partial charge in [0.2, 0.25) is 10.0 Å². The zero-order valence-corrected chi connectivity index (χ0v) is 17.1. The minimum Gasteiger partial charge on any atom is -0.298 e. The lowest BCUT2D eigenvalue weighted by atomic mass is 9.92. The van der Waals surface area contributed by atoms with Crippen LogP contribution in [0.15, 0.2) is 28.3 Å². The van der Waals surface area contributed by atoms with Crippen LogP contribution in [0.2, 0.25) is 0 Å². The maximum Gasteiger partial charge on any atom is 0.244 e. The zero-order chi connectivity index (χ0) is 18.7. The molecule has 25 heavy (non-hydrogen) atoms. The highest BCUT2D eigenvalue weighted by Gasteiger charge is 2.29. The third-order valence-corrected chi connectivity index (χ3v) is 7.50. The fraction of sp³-hybridized carbons (Fsp3) is 0.667. The molecule has 5 nitrogen and oxygen atoms in total. The van der Waals surface area contributed by atoms with Gasteiger partial charge in [0.25, 0.3) is 0 Å². The Kier molecular flexibility index (Phi) is 6.68. The van der Waals surface area contributed by atoms with Crippen LogP contribution in [0.5, 0.6) is 0 Å².